The molecule has 0 aliphatic rings. The molecule has 0 bridgehead atoms. The molecule has 0 saturated carbocycles. The van der Waals surface area contributed by atoms with E-state index in [9.17, 15) is 0 Å². The van der Waals surface area contributed by atoms with E-state index in [0.717, 1.165) is 66.7 Å². The van der Waals surface area contributed by atoms with Gasteiger partial charge in [0.05, 0.1) is 22.4 Å². The van der Waals surface area contributed by atoms with Crippen LogP contribution in [0.1, 0.15) is 11.4 Å². The lowest BCUT2D eigenvalue weighted by Crippen LogP contribution is -1.99. The number of nitrogens with zero attached hydrogens (tertiary/aromatic N) is 4. The molecule has 4 aromatic carbocycles. The summed E-state index contributed by atoms with van der Waals surface area (Å²) >= 11 is 0. The number of aryl methyl sites for hydroxylation is 2. The van der Waals surface area contributed by atoms with Gasteiger partial charge in [-0.3, -0.25) is 9.97 Å². The van der Waals surface area contributed by atoms with Gasteiger partial charge < -0.3 is 0 Å². The maximum atomic E-state index is 5.03. The predicted octanol–water partition coefficient (Wildman–Crippen LogP) is 7.78. The maximum Gasteiger partial charge on any atom is 0.160 e. The highest BCUT2D eigenvalue weighted by atomic mass is 14.9. The van der Waals surface area contributed by atoms with Gasteiger partial charge in [-0.25, -0.2) is 9.97 Å². The second kappa shape index (κ2) is 7.92. The van der Waals surface area contributed by atoms with Crippen molar-refractivity contribution in [3.05, 3.63) is 108 Å². The number of pyridine rings is 2. The molecule has 0 saturated heterocycles. The Morgan fingerprint density at radius 3 is 1.69 bits per heavy atom. The monoisotopic (exact) mass is 462 g/mol. The van der Waals surface area contributed by atoms with E-state index in [1.807, 2.05) is 36.4 Å². The third-order valence-corrected chi connectivity index (χ3v) is 6.89. The van der Waals surface area contributed by atoms with E-state index in [2.05, 4.69) is 74.5 Å². The van der Waals surface area contributed by atoms with Gasteiger partial charge in [-0.15, -0.1) is 0 Å². The topological polar surface area (TPSA) is 51.6 Å². The second-order valence-electron chi connectivity index (χ2n) is 9.21. The molecule has 7 aromatic rings. The van der Waals surface area contributed by atoms with Crippen LogP contribution in [0.5, 0.6) is 0 Å². The Bertz CT molecular complexity index is 1840. The summed E-state index contributed by atoms with van der Waals surface area (Å²) in [6, 6.07) is 33.2. The van der Waals surface area contributed by atoms with Crippen LogP contribution in [0.4, 0.5) is 0 Å². The highest BCUT2D eigenvalue weighted by Crippen LogP contribution is 2.38. The first-order chi connectivity index (χ1) is 17.7. The van der Waals surface area contributed by atoms with Crippen molar-refractivity contribution in [1.82, 2.24) is 19.9 Å². The Hall–Kier alpha value is -4.70. The van der Waals surface area contributed by atoms with E-state index in [1.165, 1.54) is 5.39 Å². The molecule has 0 unspecified atom stereocenters. The quantitative estimate of drug-likeness (QED) is 0.252. The Kier molecular flexibility index (Phi) is 4.55. The van der Waals surface area contributed by atoms with E-state index in [1.54, 1.807) is 0 Å². The van der Waals surface area contributed by atoms with Crippen molar-refractivity contribution in [1.29, 1.82) is 0 Å². The Labute approximate surface area is 208 Å². The van der Waals surface area contributed by atoms with Crippen molar-refractivity contribution in [2.45, 2.75) is 13.8 Å². The molecule has 0 N–H and O–H groups in total. The van der Waals surface area contributed by atoms with Gasteiger partial charge in [0.25, 0.3) is 0 Å². The summed E-state index contributed by atoms with van der Waals surface area (Å²) in [6.45, 7) is 4.13. The van der Waals surface area contributed by atoms with Crippen LogP contribution in [0.25, 0.3) is 66.5 Å². The lowest BCUT2D eigenvalue weighted by Gasteiger charge is -2.15. The largest absolute Gasteiger partial charge is 0.252 e. The summed E-state index contributed by atoms with van der Waals surface area (Å²) in [5.74, 6) is 0.680. The standard InChI is InChI=1S/C32H22N4/c1-19-24-14-9-15-26-30(24)31-25(20(2)33-26)16-23(17-29(31)34-19)32-35-27(21-10-5-3-6-11-21)18-28(36-32)22-12-7-4-8-13-22/h3-18H,1-2H3. The average molecular weight is 463 g/mol. The lowest BCUT2D eigenvalue weighted by molar-refractivity contribution is 1.18. The van der Waals surface area contributed by atoms with E-state index in [4.69, 9.17) is 19.9 Å². The minimum Gasteiger partial charge on any atom is -0.252 e. The van der Waals surface area contributed by atoms with E-state index < -0.39 is 0 Å². The van der Waals surface area contributed by atoms with Crippen molar-refractivity contribution in [2.75, 3.05) is 0 Å². The summed E-state index contributed by atoms with van der Waals surface area (Å²) in [6.07, 6.45) is 0. The highest BCUT2D eigenvalue weighted by Gasteiger charge is 2.18. The van der Waals surface area contributed by atoms with Gasteiger partial charge in [0, 0.05) is 49.6 Å². The molecule has 4 heteroatoms. The van der Waals surface area contributed by atoms with Crippen LogP contribution in [-0.2, 0) is 0 Å². The molecule has 170 valence electrons. The van der Waals surface area contributed by atoms with Crippen LogP contribution >= 0.6 is 0 Å². The highest BCUT2D eigenvalue weighted by molar-refractivity contribution is 6.22. The van der Waals surface area contributed by atoms with Crippen molar-refractivity contribution in [3.63, 3.8) is 0 Å². The summed E-state index contributed by atoms with van der Waals surface area (Å²) < 4.78 is 0. The van der Waals surface area contributed by atoms with Crippen molar-refractivity contribution in [2.24, 2.45) is 0 Å². The molecule has 0 spiro atoms. The molecular formula is C32H22N4. The molecule has 7 rings (SSSR count). The first-order valence-electron chi connectivity index (χ1n) is 12.1. The minimum atomic E-state index is 0.680. The molecule has 36 heavy (non-hydrogen) atoms. The third-order valence-electron chi connectivity index (χ3n) is 6.89. The van der Waals surface area contributed by atoms with E-state index in [0.29, 0.717) is 5.82 Å². The molecule has 0 aliphatic carbocycles. The third kappa shape index (κ3) is 3.23. The summed E-state index contributed by atoms with van der Waals surface area (Å²) in [5, 5.41) is 4.58. The zero-order valence-corrected chi connectivity index (χ0v) is 20.0. The number of hydrogen-bond acceptors (Lipinski definition) is 4. The summed E-state index contributed by atoms with van der Waals surface area (Å²) in [5.41, 5.74) is 8.78. The fraction of sp³-hybridized carbons (Fsp3) is 0.0625. The smallest absolute Gasteiger partial charge is 0.160 e. The fourth-order valence-electron chi connectivity index (χ4n) is 5.16. The van der Waals surface area contributed by atoms with Gasteiger partial charge in [-0.05, 0) is 38.1 Å². The zero-order chi connectivity index (χ0) is 24.2. The summed E-state index contributed by atoms with van der Waals surface area (Å²) in [7, 11) is 0. The van der Waals surface area contributed by atoms with Crippen LogP contribution in [0.2, 0.25) is 0 Å². The SMILES string of the molecule is Cc1nc2cc(-c3nc(-c4ccccc4)cc(-c4ccccc4)n3)cc3c(C)nc4cccc1c4c23. The average Bonchev–Trinajstić information content (AvgIpc) is 2.93. The van der Waals surface area contributed by atoms with Gasteiger partial charge >= 0.3 is 0 Å². The zero-order valence-electron chi connectivity index (χ0n) is 20.0. The number of rotatable bonds is 3. The second-order valence-corrected chi connectivity index (χ2v) is 9.21. The first kappa shape index (κ1) is 20.7. The fourth-order valence-corrected chi connectivity index (χ4v) is 5.16. The van der Waals surface area contributed by atoms with Crippen molar-refractivity contribution < 1.29 is 0 Å². The van der Waals surface area contributed by atoms with Gasteiger partial charge in [0.2, 0.25) is 0 Å². The van der Waals surface area contributed by atoms with Crippen LogP contribution in [-0.4, -0.2) is 19.9 Å². The van der Waals surface area contributed by atoms with Crippen LogP contribution < -0.4 is 0 Å². The molecule has 0 radical (unpaired) electrons. The molecule has 0 atom stereocenters. The van der Waals surface area contributed by atoms with Crippen molar-refractivity contribution >= 4 is 32.6 Å². The Balaban J connectivity index is 1.53. The van der Waals surface area contributed by atoms with Crippen LogP contribution in [0, 0.1) is 13.8 Å². The van der Waals surface area contributed by atoms with E-state index >= 15 is 0 Å². The molecule has 3 heterocycles. The van der Waals surface area contributed by atoms with Gasteiger partial charge in [0.15, 0.2) is 5.82 Å². The Morgan fingerprint density at radius 2 is 1.03 bits per heavy atom. The maximum absolute atomic E-state index is 5.03. The van der Waals surface area contributed by atoms with Crippen LogP contribution in [0.15, 0.2) is 97.1 Å². The molecule has 3 aromatic heterocycles. The molecular weight excluding hydrogens is 440 g/mol. The van der Waals surface area contributed by atoms with E-state index in [-0.39, 0.29) is 0 Å². The van der Waals surface area contributed by atoms with Gasteiger partial charge in [0.1, 0.15) is 0 Å². The molecule has 0 aliphatic heterocycles. The lowest BCUT2D eigenvalue weighted by atomic mass is 9.96. The number of benzene rings is 4. The normalized spacial score (nSPS) is 11.6. The first-order valence-corrected chi connectivity index (χ1v) is 12.1. The van der Waals surface area contributed by atoms with Crippen LogP contribution in [0.3, 0.4) is 0 Å². The molecule has 0 fully saturated rings. The van der Waals surface area contributed by atoms with Crippen molar-refractivity contribution in [3.8, 4) is 33.9 Å². The summed E-state index contributed by atoms with van der Waals surface area (Å²) in [4.78, 5) is 20.0. The molecule has 4 nitrogen and oxygen atoms in total. The Morgan fingerprint density at radius 1 is 0.444 bits per heavy atom. The number of hydrogen-bond donors (Lipinski definition) is 0. The predicted molar refractivity (Wildman–Crippen MR) is 147 cm³/mol. The van der Waals surface area contributed by atoms with Gasteiger partial charge in [-0.1, -0.05) is 72.8 Å². The minimum absolute atomic E-state index is 0.680. The van der Waals surface area contributed by atoms with Gasteiger partial charge in [-0.2, -0.15) is 0 Å². The molecule has 0 amide bonds. The number of aromatic nitrogens is 4.